The Bertz CT molecular complexity index is 960. The number of anilines is 3. The monoisotopic (exact) mass is 375 g/mol. The summed E-state index contributed by atoms with van der Waals surface area (Å²) in [4.78, 5) is 16.7. The van der Waals surface area contributed by atoms with Gasteiger partial charge in [0.2, 0.25) is 0 Å². The molecule has 0 bridgehead atoms. The summed E-state index contributed by atoms with van der Waals surface area (Å²) >= 11 is 0. The number of ether oxygens (including phenoxy) is 1. The van der Waals surface area contributed by atoms with Crippen LogP contribution in [0.25, 0.3) is 0 Å². The number of hydrogen-bond donors (Lipinski definition) is 2. The van der Waals surface area contributed by atoms with Crippen molar-refractivity contribution in [3.63, 3.8) is 0 Å². The summed E-state index contributed by atoms with van der Waals surface area (Å²) < 4.78 is 5.18. The van der Waals surface area contributed by atoms with Crippen LogP contribution in [0.2, 0.25) is 0 Å². The van der Waals surface area contributed by atoms with Crippen LogP contribution in [-0.4, -0.2) is 18.0 Å². The zero-order chi connectivity index (χ0) is 20.1. The number of rotatable bonds is 5. The Balaban J connectivity index is 1.72. The van der Waals surface area contributed by atoms with Crippen LogP contribution in [0.1, 0.15) is 36.7 Å². The van der Waals surface area contributed by atoms with Crippen LogP contribution in [0.15, 0.2) is 67.0 Å². The fourth-order valence-corrected chi connectivity index (χ4v) is 2.76. The summed E-state index contributed by atoms with van der Waals surface area (Å²) in [7, 11) is 1.59. The van der Waals surface area contributed by atoms with Crippen LogP contribution in [-0.2, 0) is 5.41 Å². The van der Waals surface area contributed by atoms with E-state index in [2.05, 4.69) is 48.5 Å². The molecule has 1 aromatic heterocycles. The normalized spacial score (nSPS) is 11.0. The minimum atomic E-state index is -0.229. The van der Waals surface area contributed by atoms with Gasteiger partial charge in [-0.2, -0.15) is 0 Å². The summed E-state index contributed by atoms with van der Waals surface area (Å²) in [5.41, 5.74) is 4.21. The van der Waals surface area contributed by atoms with E-state index in [9.17, 15) is 4.79 Å². The molecule has 3 aromatic rings. The fourth-order valence-electron chi connectivity index (χ4n) is 2.76. The molecule has 0 spiro atoms. The van der Waals surface area contributed by atoms with Gasteiger partial charge in [-0.3, -0.25) is 9.78 Å². The Morgan fingerprint density at radius 3 is 2.36 bits per heavy atom. The van der Waals surface area contributed by atoms with Gasteiger partial charge in [-0.1, -0.05) is 39.0 Å². The first-order valence-electron chi connectivity index (χ1n) is 9.13. The highest BCUT2D eigenvalue weighted by Gasteiger charge is 2.13. The lowest BCUT2D eigenvalue weighted by atomic mass is 9.87. The molecule has 0 aliphatic carbocycles. The Kier molecular flexibility index (Phi) is 5.64. The second-order valence-corrected chi connectivity index (χ2v) is 7.60. The number of amides is 1. The molecule has 0 atom stereocenters. The van der Waals surface area contributed by atoms with Crippen molar-refractivity contribution in [2.45, 2.75) is 26.2 Å². The minimum Gasteiger partial charge on any atom is -0.497 e. The van der Waals surface area contributed by atoms with Crippen LogP contribution in [0.4, 0.5) is 17.1 Å². The van der Waals surface area contributed by atoms with Crippen molar-refractivity contribution in [3.05, 3.63) is 78.1 Å². The molecule has 1 heterocycles. The summed E-state index contributed by atoms with van der Waals surface area (Å²) in [5, 5.41) is 6.16. The number of aromatic nitrogens is 1. The van der Waals surface area contributed by atoms with E-state index in [1.807, 2.05) is 30.3 Å². The molecule has 0 radical (unpaired) electrons. The zero-order valence-electron chi connectivity index (χ0n) is 16.6. The molecule has 2 aromatic carbocycles. The highest BCUT2D eigenvalue weighted by Crippen LogP contribution is 2.25. The summed E-state index contributed by atoms with van der Waals surface area (Å²) in [5.74, 6) is 0.456. The number of benzene rings is 2. The van der Waals surface area contributed by atoms with Gasteiger partial charge in [0.05, 0.1) is 24.6 Å². The van der Waals surface area contributed by atoms with Gasteiger partial charge in [0.1, 0.15) is 5.75 Å². The first-order chi connectivity index (χ1) is 13.3. The van der Waals surface area contributed by atoms with Crippen molar-refractivity contribution in [1.82, 2.24) is 4.98 Å². The van der Waals surface area contributed by atoms with Crippen LogP contribution in [0.3, 0.4) is 0 Å². The average molecular weight is 375 g/mol. The van der Waals surface area contributed by atoms with Crippen LogP contribution in [0.5, 0.6) is 5.75 Å². The summed E-state index contributed by atoms with van der Waals surface area (Å²) in [6.07, 6.45) is 3.24. The molecule has 0 unspecified atom stereocenters. The lowest BCUT2D eigenvalue weighted by Gasteiger charge is -2.19. The van der Waals surface area contributed by atoms with Crippen molar-refractivity contribution in [2.75, 3.05) is 17.7 Å². The number of hydrogen-bond acceptors (Lipinski definition) is 4. The highest BCUT2D eigenvalue weighted by atomic mass is 16.5. The smallest absolute Gasteiger partial charge is 0.257 e. The van der Waals surface area contributed by atoms with E-state index >= 15 is 0 Å². The van der Waals surface area contributed by atoms with Crippen molar-refractivity contribution in [1.29, 1.82) is 0 Å². The number of pyridine rings is 1. The summed E-state index contributed by atoms with van der Waals surface area (Å²) in [6.45, 7) is 6.55. The average Bonchev–Trinajstić information content (AvgIpc) is 2.68. The maximum atomic E-state index is 12.6. The van der Waals surface area contributed by atoms with E-state index in [-0.39, 0.29) is 11.3 Å². The van der Waals surface area contributed by atoms with Crippen molar-refractivity contribution in [2.24, 2.45) is 0 Å². The van der Waals surface area contributed by atoms with Gasteiger partial charge in [0.15, 0.2) is 0 Å². The maximum absolute atomic E-state index is 12.6. The van der Waals surface area contributed by atoms with Crippen LogP contribution < -0.4 is 15.4 Å². The third kappa shape index (κ3) is 4.88. The second-order valence-electron chi connectivity index (χ2n) is 7.60. The van der Waals surface area contributed by atoms with Gasteiger partial charge in [-0.05, 0) is 41.3 Å². The second kappa shape index (κ2) is 8.13. The molecule has 0 fully saturated rings. The lowest BCUT2D eigenvalue weighted by molar-refractivity contribution is 0.102. The van der Waals surface area contributed by atoms with Crippen molar-refractivity contribution < 1.29 is 9.53 Å². The molecule has 0 aliphatic rings. The Morgan fingerprint density at radius 2 is 1.68 bits per heavy atom. The van der Waals surface area contributed by atoms with E-state index in [0.717, 1.165) is 11.4 Å². The SMILES string of the molecule is COc1cccc(NC(=O)c2cncc(Nc3ccc(C(C)(C)C)cc3)c2)c1. The van der Waals surface area contributed by atoms with Gasteiger partial charge >= 0.3 is 0 Å². The number of carbonyl (C=O) groups excluding carboxylic acids is 1. The van der Waals surface area contributed by atoms with Gasteiger partial charge in [0.25, 0.3) is 5.91 Å². The third-order valence-electron chi connectivity index (χ3n) is 4.37. The molecule has 144 valence electrons. The Morgan fingerprint density at radius 1 is 0.929 bits per heavy atom. The fraction of sp³-hybridized carbons (Fsp3) is 0.217. The molecule has 1 amide bonds. The number of nitrogens with one attached hydrogen (secondary N) is 2. The van der Waals surface area contributed by atoms with Gasteiger partial charge in [0, 0.05) is 23.6 Å². The van der Waals surface area contributed by atoms with Crippen molar-refractivity contribution >= 4 is 23.0 Å². The van der Waals surface area contributed by atoms with E-state index in [1.54, 1.807) is 31.6 Å². The first-order valence-corrected chi connectivity index (χ1v) is 9.13. The van der Waals surface area contributed by atoms with Gasteiger partial charge < -0.3 is 15.4 Å². The molecule has 2 N–H and O–H groups in total. The van der Waals surface area contributed by atoms with Crippen LogP contribution >= 0.6 is 0 Å². The first kappa shape index (κ1) is 19.4. The van der Waals surface area contributed by atoms with E-state index < -0.39 is 0 Å². The molecule has 5 nitrogen and oxygen atoms in total. The molecule has 0 saturated carbocycles. The van der Waals surface area contributed by atoms with Crippen LogP contribution in [0, 0.1) is 0 Å². The molecule has 3 rings (SSSR count). The quantitative estimate of drug-likeness (QED) is 0.628. The molecule has 5 heteroatoms. The number of carbonyl (C=O) groups is 1. The van der Waals surface area contributed by atoms with E-state index in [0.29, 0.717) is 17.0 Å². The Labute approximate surface area is 165 Å². The highest BCUT2D eigenvalue weighted by molar-refractivity contribution is 6.04. The largest absolute Gasteiger partial charge is 0.497 e. The molecule has 28 heavy (non-hydrogen) atoms. The molecular formula is C23H25N3O2. The van der Waals surface area contributed by atoms with Crippen molar-refractivity contribution in [3.8, 4) is 5.75 Å². The number of methoxy groups -OCH3 is 1. The van der Waals surface area contributed by atoms with Gasteiger partial charge in [-0.15, -0.1) is 0 Å². The van der Waals surface area contributed by atoms with E-state index in [1.165, 1.54) is 5.56 Å². The summed E-state index contributed by atoms with van der Waals surface area (Å²) in [6, 6.07) is 17.3. The standard InChI is InChI=1S/C23H25N3O2/c1-23(2,3)17-8-10-18(11-9-17)25-20-12-16(14-24-15-20)22(27)26-19-6-5-7-21(13-19)28-4/h5-15,25H,1-4H3,(H,26,27). The third-order valence-corrected chi connectivity index (χ3v) is 4.37. The number of nitrogens with zero attached hydrogens (tertiary/aromatic N) is 1. The minimum absolute atomic E-state index is 0.109. The van der Waals surface area contributed by atoms with E-state index in [4.69, 9.17) is 4.74 Å². The molecule has 0 aliphatic heterocycles. The molecular weight excluding hydrogens is 350 g/mol. The predicted octanol–water partition coefficient (Wildman–Crippen LogP) is 5.38. The maximum Gasteiger partial charge on any atom is 0.257 e. The predicted molar refractivity (Wildman–Crippen MR) is 114 cm³/mol. The Hall–Kier alpha value is -3.34. The van der Waals surface area contributed by atoms with Gasteiger partial charge in [-0.25, -0.2) is 0 Å². The zero-order valence-corrected chi connectivity index (χ0v) is 16.6. The molecule has 0 saturated heterocycles. The lowest BCUT2D eigenvalue weighted by Crippen LogP contribution is -2.12. The topological polar surface area (TPSA) is 63.2 Å².